The number of carbonyl (C=O) groups is 1. The van der Waals surface area contributed by atoms with E-state index >= 15 is 0 Å². The van der Waals surface area contributed by atoms with Crippen molar-refractivity contribution in [3.8, 4) is 29.1 Å². The maximum absolute atomic E-state index is 12.6. The van der Waals surface area contributed by atoms with Gasteiger partial charge in [0.15, 0.2) is 17.0 Å². The van der Waals surface area contributed by atoms with Crippen molar-refractivity contribution in [1.29, 1.82) is 5.26 Å². The average molecular weight is 402 g/mol. The molecule has 0 saturated carbocycles. The number of nitriles is 1. The molecule has 1 unspecified atom stereocenters. The number of ether oxygens (including phenoxy) is 3. The Balaban J connectivity index is 1.68. The Labute approximate surface area is 175 Å². The first-order valence-electron chi connectivity index (χ1n) is 9.35. The summed E-state index contributed by atoms with van der Waals surface area (Å²) in [7, 11) is 1.55. The van der Waals surface area contributed by atoms with Gasteiger partial charge in [0.25, 0.3) is 5.91 Å². The van der Waals surface area contributed by atoms with E-state index in [9.17, 15) is 10.1 Å². The van der Waals surface area contributed by atoms with E-state index in [2.05, 4.69) is 11.4 Å². The summed E-state index contributed by atoms with van der Waals surface area (Å²) in [5.74, 6) is 1.93. The number of methoxy groups -OCH3 is 1. The largest absolute Gasteiger partial charge is 0.497 e. The Bertz CT molecular complexity index is 1030. The lowest BCUT2D eigenvalue weighted by Crippen LogP contribution is -2.49. The molecule has 0 aliphatic rings. The molecule has 6 nitrogen and oxygen atoms in total. The van der Waals surface area contributed by atoms with E-state index < -0.39 is 5.54 Å². The van der Waals surface area contributed by atoms with E-state index in [1.54, 1.807) is 50.4 Å². The molecule has 0 spiro atoms. The van der Waals surface area contributed by atoms with Gasteiger partial charge in [-0.1, -0.05) is 30.3 Å². The van der Waals surface area contributed by atoms with Gasteiger partial charge in [-0.15, -0.1) is 0 Å². The Morgan fingerprint density at radius 2 is 1.57 bits per heavy atom. The average Bonchev–Trinajstić information content (AvgIpc) is 2.79. The summed E-state index contributed by atoms with van der Waals surface area (Å²) >= 11 is 0. The predicted octanol–water partition coefficient (Wildman–Crippen LogP) is 4.58. The minimum Gasteiger partial charge on any atom is -0.497 e. The van der Waals surface area contributed by atoms with Gasteiger partial charge in [-0.25, -0.2) is 0 Å². The lowest BCUT2D eigenvalue weighted by Gasteiger charge is -2.24. The Morgan fingerprint density at radius 3 is 2.20 bits per heavy atom. The molecule has 0 aliphatic heterocycles. The summed E-state index contributed by atoms with van der Waals surface area (Å²) in [5.41, 5.74) is -0.818. The normalized spacial score (nSPS) is 12.2. The second kappa shape index (κ2) is 9.48. The first-order chi connectivity index (χ1) is 14.5. The highest BCUT2D eigenvalue weighted by atomic mass is 16.5. The van der Waals surface area contributed by atoms with Gasteiger partial charge >= 0.3 is 0 Å². The fraction of sp³-hybridized carbons (Fsp3) is 0.167. The zero-order valence-corrected chi connectivity index (χ0v) is 16.8. The van der Waals surface area contributed by atoms with E-state index in [1.165, 1.54) is 0 Å². The predicted molar refractivity (Wildman–Crippen MR) is 113 cm³/mol. The summed E-state index contributed by atoms with van der Waals surface area (Å²) < 4.78 is 16.8. The highest BCUT2D eigenvalue weighted by Crippen LogP contribution is 2.31. The number of carbonyl (C=O) groups excluding carboxylic acids is 1. The molecule has 3 aromatic carbocycles. The van der Waals surface area contributed by atoms with E-state index in [1.807, 2.05) is 42.5 Å². The highest BCUT2D eigenvalue weighted by Gasteiger charge is 2.28. The summed E-state index contributed by atoms with van der Waals surface area (Å²) in [6.45, 7) is 1.55. The topological polar surface area (TPSA) is 80.6 Å². The summed E-state index contributed by atoms with van der Waals surface area (Å²) in [6.07, 6.45) is 0. The van der Waals surface area contributed by atoms with Crippen molar-refractivity contribution in [3.63, 3.8) is 0 Å². The number of nitrogens with zero attached hydrogens (tertiary/aromatic N) is 1. The summed E-state index contributed by atoms with van der Waals surface area (Å²) in [4.78, 5) is 12.6. The lowest BCUT2D eigenvalue weighted by atomic mass is 10.0. The third kappa shape index (κ3) is 5.30. The number of amides is 1. The van der Waals surface area contributed by atoms with Crippen LogP contribution in [0, 0.1) is 11.3 Å². The van der Waals surface area contributed by atoms with Gasteiger partial charge < -0.3 is 19.5 Å². The van der Waals surface area contributed by atoms with E-state index in [-0.39, 0.29) is 12.5 Å². The number of hydrogen-bond donors (Lipinski definition) is 1. The fourth-order valence-electron chi connectivity index (χ4n) is 2.65. The van der Waals surface area contributed by atoms with Crippen LogP contribution in [0.2, 0.25) is 0 Å². The van der Waals surface area contributed by atoms with Crippen molar-refractivity contribution in [1.82, 2.24) is 5.32 Å². The van der Waals surface area contributed by atoms with Gasteiger partial charge in [0.1, 0.15) is 18.1 Å². The Morgan fingerprint density at radius 1 is 0.933 bits per heavy atom. The smallest absolute Gasteiger partial charge is 0.252 e. The lowest BCUT2D eigenvalue weighted by molar-refractivity contribution is 0.0900. The number of hydrogen-bond acceptors (Lipinski definition) is 5. The van der Waals surface area contributed by atoms with Gasteiger partial charge in [-0.2, -0.15) is 5.26 Å². The molecule has 1 N–H and O–H groups in total. The first-order valence-corrected chi connectivity index (χ1v) is 9.35. The molecule has 1 amide bonds. The van der Waals surface area contributed by atoms with Gasteiger partial charge in [0, 0.05) is 5.56 Å². The monoisotopic (exact) mass is 402 g/mol. The molecular formula is C24H22N2O4. The number of para-hydroxylation sites is 3. The zero-order chi connectivity index (χ0) is 21.4. The molecule has 0 bridgehead atoms. The van der Waals surface area contributed by atoms with Crippen molar-refractivity contribution in [3.05, 3.63) is 84.4 Å². The molecule has 0 radical (unpaired) electrons. The molecule has 152 valence electrons. The minimum atomic E-state index is -1.24. The number of nitrogens with one attached hydrogen (secondary N) is 1. The van der Waals surface area contributed by atoms with Crippen LogP contribution in [0.15, 0.2) is 78.9 Å². The SMILES string of the molecule is COc1ccc(C(=O)NC(C)(C#N)COc2ccccc2Oc2ccccc2)cc1. The maximum Gasteiger partial charge on any atom is 0.252 e. The van der Waals surface area contributed by atoms with Crippen LogP contribution in [0.5, 0.6) is 23.0 Å². The van der Waals surface area contributed by atoms with Gasteiger partial charge in [0.2, 0.25) is 0 Å². The van der Waals surface area contributed by atoms with E-state index in [4.69, 9.17) is 14.2 Å². The zero-order valence-electron chi connectivity index (χ0n) is 16.8. The molecule has 6 heteroatoms. The van der Waals surface area contributed by atoms with Gasteiger partial charge in [-0.3, -0.25) is 4.79 Å². The summed E-state index contributed by atoms with van der Waals surface area (Å²) in [6, 6.07) is 25.3. The van der Waals surface area contributed by atoms with Crippen molar-refractivity contribution in [2.75, 3.05) is 13.7 Å². The third-order valence-electron chi connectivity index (χ3n) is 4.32. The van der Waals surface area contributed by atoms with E-state index in [0.717, 1.165) is 0 Å². The highest BCUT2D eigenvalue weighted by molar-refractivity contribution is 5.95. The molecule has 0 fully saturated rings. The number of rotatable bonds is 8. The van der Waals surface area contributed by atoms with Crippen LogP contribution in [0.3, 0.4) is 0 Å². The molecule has 3 rings (SSSR count). The van der Waals surface area contributed by atoms with Gasteiger partial charge in [0.05, 0.1) is 13.2 Å². The Kier molecular flexibility index (Phi) is 6.56. The van der Waals surface area contributed by atoms with Crippen LogP contribution in [0.1, 0.15) is 17.3 Å². The fourth-order valence-corrected chi connectivity index (χ4v) is 2.65. The van der Waals surface area contributed by atoms with Crippen LogP contribution in [-0.4, -0.2) is 25.2 Å². The van der Waals surface area contributed by atoms with Crippen LogP contribution >= 0.6 is 0 Å². The van der Waals surface area contributed by atoms with Crippen molar-refractivity contribution in [2.24, 2.45) is 0 Å². The molecule has 0 aromatic heterocycles. The summed E-state index contributed by atoms with van der Waals surface area (Å²) in [5, 5.41) is 12.4. The van der Waals surface area contributed by atoms with Crippen molar-refractivity contribution < 1.29 is 19.0 Å². The van der Waals surface area contributed by atoms with Crippen LogP contribution in [0.25, 0.3) is 0 Å². The molecule has 3 aromatic rings. The molecule has 30 heavy (non-hydrogen) atoms. The van der Waals surface area contributed by atoms with Crippen LogP contribution in [0.4, 0.5) is 0 Å². The van der Waals surface area contributed by atoms with Crippen molar-refractivity contribution in [2.45, 2.75) is 12.5 Å². The van der Waals surface area contributed by atoms with E-state index in [0.29, 0.717) is 28.6 Å². The minimum absolute atomic E-state index is 0.0550. The second-order valence-corrected chi connectivity index (χ2v) is 6.78. The number of benzene rings is 3. The molecular weight excluding hydrogens is 380 g/mol. The standard InChI is InChI=1S/C24H22N2O4/c1-24(16-25,26-23(27)18-12-14-19(28-2)15-13-18)17-29-21-10-6-7-11-22(21)30-20-8-4-3-5-9-20/h3-15H,17H2,1-2H3,(H,26,27). The molecule has 0 heterocycles. The molecule has 0 aliphatic carbocycles. The second-order valence-electron chi connectivity index (χ2n) is 6.78. The Hall–Kier alpha value is -3.98. The third-order valence-corrected chi connectivity index (χ3v) is 4.32. The molecule has 1 atom stereocenters. The first kappa shape index (κ1) is 20.7. The quantitative estimate of drug-likeness (QED) is 0.597. The maximum atomic E-state index is 12.6. The van der Waals surface area contributed by atoms with Crippen LogP contribution in [-0.2, 0) is 0 Å². The van der Waals surface area contributed by atoms with Crippen molar-refractivity contribution >= 4 is 5.91 Å². The van der Waals surface area contributed by atoms with Gasteiger partial charge in [-0.05, 0) is 55.5 Å². The molecule has 0 saturated heterocycles. The van der Waals surface area contributed by atoms with Crippen LogP contribution < -0.4 is 19.5 Å².